The summed E-state index contributed by atoms with van der Waals surface area (Å²) in [4.78, 5) is 13.9. The molecule has 0 aliphatic carbocycles. The molecule has 0 bridgehead atoms. The number of amides is 1. The van der Waals surface area contributed by atoms with Crippen LogP contribution in [0.15, 0.2) is 42.5 Å². The van der Waals surface area contributed by atoms with Crippen LogP contribution in [0, 0.1) is 11.3 Å². The van der Waals surface area contributed by atoms with Gasteiger partial charge in [0.15, 0.2) is 11.5 Å². The Labute approximate surface area is 152 Å². The van der Waals surface area contributed by atoms with Gasteiger partial charge in [0, 0.05) is 6.54 Å². The van der Waals surface area contributed by atoms with Crippen LogP contribution in [0.25, 0.3) is 0 Å². The molecule has 6 nitrogen and oxygen atoms in total. The van der Waals surface area contributed by atoms with E-state index in [9.17, 15) is 4.79 Å². The SMILES string of the molecule is COc1ccc(CC2COC(=O)N2Cc2ccc(C#N)cc2)cc1OC. The van der Waals surface area contributed by atoms with Crippen molar-refractivity contribution in [3.63, 3.8) is 0 Å². The maximum absolute atomic E-state index is 12.1. The van der Waals surface area contributed by atoms with Crippen LogP contribution < -0.4 is 9.47 Å². The largest absolute Gasteiger partial charge is 0.493 e. The smallest absolute Gasteiger partial charge is 0.410 e. The van der Waals surface area contributed by atoms with Crippen molar-refractivity contribution in [2.24, 2.45) is 0 Å². The first-order valence-electron chi connectivity index (χ1n) is 8.28. The minimum absolute atomic E-state index is 0.0590. The molecule has 1 amide bonds. The highest BCUT2D eigenvalue weighted by Crippen LogP contribution is 2.29. The van der Waals surface area contributed by atoms with Crippen LogP contribution in [0.1, 0.15) is 16.7 Å². The van der Waals surface area contributed by atoms with Gasteiger partial charge in [-0.1, -0.05) is 18.2 Å². The third-order valence-electron chi connectivity index (χ3n) is 4.43. The summed E-state index contributed by atoms with van der Waals surface area (Å²) in [6, 6.07) is 15.0. The van der Waals surface area contributed by atoms with E-state index in [1.807, 2.05) is 30.3 Å². The van der Waals surface area contributed by atoms with E-state index >= 15 is 0 Å². The Balaban J connectivity index is 1.74. The average Bonchev–Trinajstić information content (AvgIpc) is 3.02. The maximum atomic E-state index is 12.1. The van der Waals surface area contributed by atoms with Gasteiger partial charge in [-0.3, -0.25) is 4.90 Å². The number of ether oxygens (including phenoxy) is 3. The van der Waals surface area contributed by atoms with Gasteiger partial charge in [-0.2, -0.15) is 5.26 Å². The fourth-order valence-corrected chi connectivity index (χ4v) is 3.01. The number of hydrogen-bond acceptors (Lipinski definition) is 5. The standard InChI is InChI=1S/C20H20N2O4/c1-24-18-8-7-16(10-19(18)25-2)9-17-13-26-20(23)22(17)12-15-5-3-14(11-21)4-6-15/h3-8,10,17H,9,12-13H2,1-2H3. The van der Waals surface area contributed by atoms with Gasteiger partial charge in [-0.05, 0) is 41.8 Å². The van der Waals surface area contributed by atoms with Crippen LogP contribution in [0.3, 0.4) is 0 Å². The number of hydrogen-bond donors (Lipinski definition) is 0. The van der Waals surface area contributed by atoms with Crippen LogP contribution >= 0.6 is 0 Å². The Kier molecular flexibility index (Phi) is 5.28. The molecule has 0 aromatic heterocycles. The molecule has 3 rings (SSSR count). The zero-order valence-corrected chi connectivity index (χ0v) is 14.8. The van der Waals surface area contributed by atoms with Crippen molar-refractivity contribution in [1.29, 1.82) is 5.26 Å². The number of nitrogens with zero attached hydrogens (tertiary/aromatic N) is 2. The first-order valence-corrected chi connectivity index (χ1v) is 8.28. The molecule has 134 valence electrons. The zero-order chi connectivity index (χ0) is 18.5. The molecule has 1 aliphatic rings. The molecule has 1 atom stereocenters. The second-order valence-corrected chi connectivity index (χ2v) is 6.06. The second-order valence-electron chi connectivity index (χ2n) is 6.06. The lowest BCUT2D eigenvalue weighted by Crippen LogP contribution is -2.34. The number of carbonyl (C=O) groups is 1. The monoisotopic (exact) mass is 352 g/mol. The molecule has 1 fully saturated rings. The lowest BCUT2D eigenvalue weighted by Gasteiger charge is -2.22. The van der Waals surface area contributed by atoms with Gasteiger partial charge in [0.05, 0.1) is 31.9 Å². The molecular formula is C20H20N2O4. The van der Waals surface area contributed by atoms with E-state index in [1.165, 1.54) is 0 Å². The summed E-state index contributed by atoms with van der Waals surface area (Å²) in [5.74, 6) is 1.33. The topological polar surface area (TPSA) is 71.8 Å². The van der Waals surface area contributed by atoms with Crippen LogP contribution in [0.5, 0.6) is 11.5 Å². The van der Waals surface area contributed by atoms with E-state index in [2.05, 4.69) is 6.07 Å². The number of benzene rings is 2. The van der Waals surface area contributed by atoms with Crippen LogP contribution in [-0.4, -0.2) is 37.9 Å². The highest BCUT2D eigenvalue weighted by atomic mass is 16.6. The first kappa shape index (κ1) is 17.6. The summed E-state index contributed by atoms with van der Waals surface area (Å²) in [7, 11) is 3.20. The molecule has 0 spiro atoms. The van der Waals surface area contributed by atoms with E-state index < -0.39 is 0 Å². The number of nitriles is 1. The number of carbonyl (C=O) groups excluding carboxylic acids is 1. The van der Waals surface area contributed by atoms with E-state index in [0.29, 0.717) is 36.6 Å². The maximum Gasteiger partial charge on any atom is 0.410 e. The summed E-state index contributed by atoms with van der Waals surface area (Å²) < 4.78 is 15.9. The van der Waals surface area contributed by atoms with Crippen molar-refractivity contribution in [2.75, 3.05) is 20.8 Å². The van der Waals surface area contributed by atoms with Gasteiger partial charge in [-0.15, -0.1) is 0 Å². The summed E-state index contributed by atoms with van der Waals surface area (Å²) in [5.41, 5.74) is 2.59. The first-order chi connectivity index (χ1) is 12.6. The molecule has 1 heterocycles. The molecule has 1 aliphatic heterocycles. The average molecular weight is 352 g/mol. The van der Waals surface area contributed by atoms with Gasteiger partial charge in [0.25, 0.3) is 0 Å². The van der Waals surface area contributed by atoms with Gasteiger partial charge < -0.3 is 14.2 Å². The summed E-state index contributed by atoms with van der Waals surface area (Å²) >= 11 is 0. The number of methoxy groups -OCH3 is 2. The van der Waals surface area contributed by atoms with Crippen molar-refractivity contribution in [3.05, 3.63) is 59.2 Å². The van der Waals surface area contributed by atoms with Gasteiger partial charge in [0.2, 0.25) is 0 Å². The van der Waals surface area contributed by atoms with Crippen molar-refractivity contribution < 1.29 is 19.0 Å². The molecule has 6 heteroatoms. The molecule has 2 aromatic rings. The minimum Gasteiger partial charge on any atom is -0.493 e. The van der Waals surface area contributed by atoms with E-state index in [0.717, 1.165) is 11.1 Å². The molecule has 26 heavy (non-hydrogen) atoms. The predicted molar refractivity (Wildman–Crippen MR) is 95.1 cm³/mol. The third kappa shape index (κ3) is 3.72. The molecule has 0 saturated carbocycles. The lowest BCUT2D eigenvalue weighted by atomic mass is 10.0. The molecule has 1 unspecified atom stereocenters. The van der Waals surface area contributed by atoms with Crippen LogP contribution in [-0.2, 0) is 17.7 Å². The Morgan fingerprint density at radius 3 is 2.46 bits per heavy atom. The van der Waals surface area contributed by atoms with Gasteiger partial charge in [-0.25, -0.2) is 4.79 Å². The second kappa shape index (κ2) is 7.79. The normalized spacial score (nSPS) is 16.1. The summed E-state index contributed by atoms with van der Waals surface area (Å²) in [6.07, 6.45) is 0.336. The van der Waals surface area contributed by atoms with Gasteiger partial charge in [0.1, 0.15) is 6.61 Å². The molecule has 0 radical (unpaired) electrons. The van der Waals surface area contributed by atoms with Gasteiger partial charge >= 0.3 is 6.09 Å². The van der Waals surface area contributed by atoms with Crippen molar-refractivity contribution in [3.8, 4) is 17.6 Å². The van der Waals surface area contributed by atoms with Crippen molar-refractivity contribution >= 4 is 6.09 Å². The van der Waals surface area contributed by atoms with E-state index in [4.69, 9.17) is 19.5 Å². The van der Waals surface area contributed by atoms with Crippen molar-refractivity contribution in [2.45, 2.75) is 19.0 Å². The van der Waals surface area contributed by atoms with Crippen molar-refractivity contribution in [1.82, 2.24) is 4.90 Å². The number of cyclic esters (lactones) is 1. The molecular weight excluding hydrogens is 332 g/mol. The molecule has 1 saturated heterocycles. The Morgan fingerprint density at radius 1 is 1.12 bits per heavy atom. The summed E-state index contributed by atoms with van der Waals surface area (Å²) in [5, 5.41) is 8.89. The fraction of sp³-hybridized carbons (Fsp3) is 0.300. The third-order valence-corrected chi connectivity index (χ3v) is 4.43. The molecule has 0 N–H and O–H groups in total. The fourth-order valence-electron chi connectivity index (χ4n) is 3.01. The van der Waals surface area contributed by atoms with Crippen LogP contribution in [0.2, 0.25) is 0 Å². The Bertz CT molecular complexity index is 827. The quantitative estimate of drug-likeness (QED) is 0.799. The van der Waals surface area contributed by atoms with Crippen LogP contribution in [0.4, 0.5) is 4.79 Å². The number of rotatable bonds is 6. The highest BCUT2D eigenvalue weighted by molar-refractivity contribution is 5.70. The molecule has 2 aromatic carbocycles. The Morgan fingerprint density at radius 2 is 1.81 bits per heavy atom. The minimum atomic E-state index is -0.320. The van der Waals surface area contributed by atoms with E-state index in [-0.39, 0.29) is 12.1 Å². The van der Waals surface area contributed by atoms with E-state index in [1.54, 1.807) is 31.3 Å². The lowest BCUT2D eigenvalue weighted by molar-refractivity contribution is 0.156. The zero-order valence-electron chi connectivity index (χ0n) is 14.8. The summed E-state index contributed by atoms with van der Waals surface area (Å²) in [6.45, 7) is 0.798. The Hall–Kier alpha value is -3.20. The predicted octanol–water partition coefficient (Wildman–Crippen LogP) is 3.14. The highest BCUT2D eigenvalue weighted by Gasteiger charge is 2.33.